The minimum absolute atomic E-state index is 0.213. The molecule has 0 spiro atoms. The number of furan rings is 1. The second kappa shape index (κ2) is 6.30. The summed E-state index contributed by atoms with van der Waals surface area (Å²) in [5.74, 6) is 1.48. The molecule has 0 unspecified atom stereocenters. The monoisotopic (exact) mass is 246 g/mol. The molecular weight excluding hydrogens is 232 g/mol. The number of hydrogen-bond donors (Lipinski definition) is 0. The quantitative estimate of drug-likeness (QED) is 0.806. The van der Waals surface area contributed by atoms with Gasteiger partial charge in [-0.05, 0) is 24.1 Å². The first-order valence-electron chi connectivity index (χ1n) is 5.56. The van der Waals surface area contributed by atoms with E-state index in [2.05, 4.69) is 0 Å². The average Bonchev–Trinajstić information content (AvgIpc) is 2.88. The van der Waals surface area contributed by atoms with Crippen LogP contribution in [0.5, 0.6) is 0 Å². The Morgan fingerprint density at radius 3 is 2.65 bits per heavy atom. The van der Waals surface area contributed by atoms with E-state index in [0.717, 1.165) is 12.2 Å². The van der Waals surface area contributed by atoms with Crippen molar-refractivity contribution >= 4 is 16.9 Å². The number of hydrogen-bond acceptors (Lipinski definition) is 3. The molecule has 0 amide bonds. The third-order valence-electron chi connectivity index (χ3n) is 2.42. The summed E-state index contributed by atoms with van der Waals surface area (Å²) >= 11 is 1.32. The lowest BCUT2D eigenvalue weighted by molar-refractivity contribution is -0.110. The van der Waals surface area contributed by atoms with Gasteiger partial charge in [0.25, 0.3) is 0 Å². The smallest absolute Gasteiger partial charge is 0.189 e. The zero-order valence-electron chi connectivity index (χ0n) is 9.46. The lowest BCUT2D eigenvalue weighted by atomic mass is 10.1. The Morgan fingerprint density at radius 1 is 1.12 bits per heavy atom. The van der Waals surface area contributed by atoms with E-state index in [1.807, 2.05) is 42.5 Å². The Balaban J connectivity index is 1.71. The summed E-state index contributed by atoms with van der Waals surface area (Å²) in [6.07, 6.45) is 3.02. The largest absolute Gasteiger partial charge is 0.468 e. The normalized spacial score (nSPS) is 10.4. The van der Waals surface area contributed by atoms with Crippen molar-refractivity contribution in [1.82, 2.24) is 0 Å². The standard InChI is InChI=1S/C14H14O2S/c15-14(17-11-13-7-4-10-16-13)9-8-12-5-2-1-3-6-12/h1-7,10H,8-9,11H2. The maximum atomic E-state index is 11.6. The van der Waals surface area contributed by atoms with Gasteiger partial charge in [0.15, 0.2) is 5.12 Å². The predicted molar refractivity (Wildman–Crippen MR) is 69.8 cm³/mol. The van der Waals surface area contributed by atoms with Gasteiger partial charge in [0.05, 0.1) is 12.0 Å². The highest BCUT2D eigenvalue weighted by Crippen LogP contribution is 2.16. The summed E-state index contributed by atoms with van der Waals surface area (Å²) in [6, 6.07) is 13.8. The van der Waals surface area contributed by atoms with Crippen molar-refractivity contribution in [3.63, 3.8) is 0 Å². The van der Waals surface area contributed by atoms with Gasteiger partial charge in [0.1, 0.15) is 5.76 Å². The van der Waals surface area contributed by atoms with Gasteiger partial charge in [-0.15, -0.1) is 0 Å². The second-order valence-corrected chi connectivity index (χ2v) is 4.76. The van der Waals surface area contributed by atoms with Crippen molar-refractivity contribution < 1.29 is 9.21 Å². The maximum Gasteiger partial charge on any atom is 0.189 e. The fourth-order valence-electron chi connectivity index (χ4n) is 1.51. The van der Waals surface area contributed by atoms with Crippen molar-refractivity contribution in [2.75, 3.05) is 0 Å². The number of benzene rings is 1. The van der Waals surface area contributed by atoms with Crippen molar-refractivity contribution in [2.45, 2.75) is 18.6 Å². The van der Waals surface area contributed by atoms with Crippen molar-refractivity contribution in [3.05, 3.63) is 60.1 Å². The van der Waals surface area contributed by atoms with E-state index in [9.17, 15) is 4.79 Å². The molecule has 0 bridgehead atoms. The van der Waals surface area contributed by atoms with E-state index in [4.69, 9.17) is 4.42 Å². The van der Waals surface area contributed by atoms with E-state index in [1.54, 1.807) is 6.26 Å². The van der Waals surface area contributed by atoms with Gasteiger partial charge in [-0.2, -0.15) is 0 Å². The van der Waals surface area contributed by atoms with Crippen LogP contribution in [-0.2, 0) is 17.0 Å². The van der Waals surface area contributed by atoms with Crippen LogP contribution < -0.4 is 0 Å². The molecule has 2 rings (SSSR count). The third-order valence-corrected chi connectivity index (χ3v) is 3.37. The van der Waals surface area contributed by atoms with Gasteiger partial charge in [0.2, 0.25) is 0 Å². The molecule has 0 saturated carbocycles. The molecule has 17 heavy (non-hydrogen) atoms. The van der Waals surface area contributed by atoms with Crippen LogP contribution in [0.15, 0.2) is 53.1 Å². The lowest BCUT2D eigenvalue weighted by Crippen LogP contribution is -1.95. The molecule has 0 atom stereocenters. The number of carbonyl (C=O) groups excluding carboxylic acids is 1. The van der Waals surface area contributed by atoms with Gasteiger partial charge in [0, 0.05) is 6.42 Å². The van der Waals surface area contributed by atoms with Crippen LogP contribution >= 0.6 is 11.8 Å². The molecule has 0 saturated heterocycles. The van der Waals surface area contributed by atoms with E-state index in [1.165, 1.54) is 17.3 Å². The topological polar surface area (TPSA) is 30.2 Å². The molecule has 2 nitrogen and oxygen atoms in total. The van der Waals surface area contributed by atoms with Gasteiger partial charge in [-0.3, -0.25) is 4.79 Å². The molecule has 0 fully saturated rings. The number of thioether (sulfide) groups is 1. The number of aryl methyl sites for hydroxylation is 1. The molecule has 0 aliphatic heterocycles. The van der Waals surface area contributed by atoms with Crippen LogP contribution in [-0.4, -0.2) is 5.12 Å². The molecular formula is C14H14O2S. The van der Waals surface area contributed by atoms with Gasteiger partial charge in [-0.25, -0.2) is 0 Å². The zero-order valence-corrected chi connectivity index (χ0v) is 10.3. The minimum Gasteiger partial charge on any atom is -0.468 e. The van der Waals surface area contributed by atoms with Crippen LogP contribution in [0.3, 0.4) is 0 Å². The fourth-order valence-corrected chi connectivity index (χ4v) is 2.22. The first-order valence-corrected chi connectivity index (χ1v) is 6.55. The average molecular weight is 246 g/mol. The molecule has 0 aliphatic carbocycles. The summed E-state index contributed by atoms with van der Waals surface area (Å²) in [4.78, 5) is 11.6. The third kappa shape index (κ3) is 4.11. The van der Waals surface area contributed by atoms with E-state index < -0.39 is 0 Å². The molecule has 1 aromatic heterocycles. The molecule has 0 N–H and O–H groups in total. The van der Waals surface area contributed by atoms with Crippen molar-refractivity contribution in [1.29, 1.82) is 0 Å². The van der Waals surface area contributed by atoms with Crippen LogP contribution in [0.2, 0.25) is 0 Å². The SMILES string of the molecule is O=C(CCc1ccccc1)SCc1ccco1. The lowest BCUT2D eigenvalue weighted by Gasteiger charge is -2.00. The van der Waals surface area contributed by atoms with Crippen molar-refractivity contribution in [3.8, 4) is 0 Å². The highest BCUT2D eigenvalue weighted by molar-refractivity contribution is 8.12. The van der Waals surface area contributed by atoms with Crippen LogP contribution in [0.25, 0.3) is 0 Å². The molecule has 2 aromatic rings. The summed E-state index contributed by atoms with van der Waals surface area (Å²) in [7, 11) is 0. The highest BCUT2D eigenvalue weighted by Gasteiger charge is 2.05. The Bertz CT molecular complexity index is 448. The summed E-state index contributed by atoms with van der Waals surface area (Å²) < 4.78 is 5.17. The maximum absolute atomic E-state index is 11.6. The Hall–Kier alpha value is -1.48. The Kier molecular flexibility index (Phi) is 4.45. The highest BCUT2D eigenvalue weighted by atomic mass is 32.2. The van der Waals surface area contributed by atoms with Crippen LogP contribution in [0.1, 0.15) is 17.7 Å². The number of rotatable bonds is 5. The van der Waals surface area contributed by atoms with Crippen LogP contribution in [0, 0.1) is 0 Å². The van der Waals surface area contributed by atoms with E-state index in [0.29, 0.717) is 12.2 Å². The molecule has 88 valence electrons. The van der Waals surface area contributed by atoms with Crippen molar-refractivity contribution in [2.24, 2.45) is 0 Å². The first kappa shape index (κ1) is 12.0. The second-order valence-electron chi connectivity index (χ2n) is 3.73. The van der Waals surface area contributed by atoms with Gasteiger partial charge < -0.3 is 4.42 Å². The summed E-state index contributed by atoms with van der Waals surface area (Å²) in [5.41, 5.74) is 1.21. The molecule has 0 radical (unpaired) electrons. The molecule has 1 heterocycles. The number of carbonyl (C=O) groups is 1. The predicted octanol–water partition coefficient (Wildman–Crippen LogP) is 3.67. The summed E-state index contributed by atoms with van der Waals surface area (Å²) in [5, 5.41) is 0.213. The Labute approximate surface area is 105 Å². The van der Waals surface area contributed by atoms with E-state index >= 15 is 0 Å². The minimum atomic E-state index is 0.213. The summed E-state index contributed by atoms with van der Waals surface area (Å²) in [6.45, 7) is 0. The van der Waals surface area contributed by atoms with Gasteiger partial charge in [-0.1, -0.05) is 42.1 Å². The molecule has 0 aliphatic rings. The zero-order chi connectivity index (χ0) is 11.9. The first-order chi connectivity index (χ1) is 8.34. The van der Waals surface area contributed by atoms with Gasteiger partial charge >= 0.3 is 0 Å². The molecule has 3 heteroatoms. The van der Waals surface area contributed by atoms with Crippen LogP contribution in [0.4, 0.5) is 0 Å². The Morgan fingerprint density at radius 2 is 1.94 bits per heavy atom. The van der Waals surface area contributed by atoms with E-state index in [-0.39, 0.29) is 5.12 Å². The molecule has 1 aromatic carbocycles. The fraction of sp³-hybridized carbons (Fsp3) is 0.214.